The molecular weight excluding hydrogens is 204 g/mol. The summed E-state index contributed by atoms with van der Waals surface area (Å²) in [5, 5.41) is 0. The van der Waals surface area contributed by atoms with Crippen molar-refractivity contribution in [3.05, 3.63) is 22.2 Å². The first kappa shape index (κ1) is 10.8. The summed E-state index contributed by atoms with van der Waals surface area (Å²) >= 11 is 5.20. The zero-order valence-corrected chi connectivity index (χ0v) is 10.6. The van der Waals surface area contributed by atoms with Crippen LogP contribution in [0.25, 0.3) is 0 Å². The van der Waals surface area contributed by atoms with Crippen LogP contribution in [-0.4, -0.2) is 9.97 Å². The van der Waals surface area contributed by atoms with Crippen LogP contribution in [0.1, 0.15) is 57.5 Å². The van der Waals surface area contributed by atoms with Crippen molar-refractivity contribution < 1.29 is 0 Å². The van der Waals surface area contributed by atoms with Gasteiger partial charge in [-0.2, -0.15) is 0 Å². The maximum absolute atomic E-state index is 5.20. The van der Waals surface area contributed by atoms with Gasteiger partial charge in [0.05, 0.1) is 0 Å². The van der Waals surface area contributed by atoms with Crippen molar-refractivity contribution in [1.29, 1.82) is 0 Å². The predicted molar refractivity (Wildman–Crippen MR) is 64.6 cm³/mol. The lowest BCUT2D eigenvalue weighted by Crippen LogP contribution is -2.02. The molecule has 1 atom stereocenters. The number of aromatic nitrogens is 2. The van der Waals surface area contributed by atoms with Crippen LogP contribution in [0, 0.1) is 10.1 Å². The molecule has 1 aromatic heterocycles. The third-order valence-corrected chi connectivity index (χ3v) is 3.46. The first-order valence-corrected chi connectivity index (χ1v) is 5.92. The number of hydrogen-bond acceptors (Lipinski definition) is 2. The number of aromatic amines is 1. The average Bonchev–Trinajstić information content (AvgIpc) is 2.74. The summed E-state index contributed by atoms with van der Waals surface area (Å²) in [6.45, 7) is 8.89. The number of rotatable bonds is 2. The Hall–Kier alpha value is -0.700. The fourth-order valence-corrected chi connectivity index (χ4v) is 2.13. The van der Waals surface area contributed by atoms with E-state index in [0.717, 1.165) is 10.5 Å². The van der Waals surface area contributed by atoms with E-state index in [1.165, 1.54) is 12.1 Å². The molecule has 1 saturated carbocycles. The maximum Gasteiger partial charge on any atom is 0.130 e. The zero-order chi connectivity index (χ0) is 11.2. The molecule has 0 aliphatic heterocycles. The van der Waals surface area contributed by atoms with E-state index in [-0.39, 0.29) is 0 Å². The summed E-state index contributed by atoms with van der Waals surface area (Å²) in [5.74, 6) is 2.13. The second-order valence-electron chi connectivity index (χ2n) is 5.46. The van der Waals surface area contributed by atoms with Crippen molar-refractivity contribution in [2.45, 2.75) is 46.0 Å². The highest BCUT2D eigenvalue weighted by atomic mass is 32.1. The molecule has 1 heterocycles. The van der Waals surface area contributed by atoms with E-state index in [4.69, 9.17) is 12.2 Å². The molecule has 2 nitrogen and oxygen atoms in total. The molecule has 1 aromatic rings. The highest BCUT2D eigenvalue weighted by molar-refractivity contribution is 7.71. The van der Waals surface area contributed by atoms with Gasteiger partial charge in [0.15, 0.2) is 0 Å². The smallest absolute Gasteiger partial charge is 0.130 e. The molecule has 1 aliphatic rings. The van der Waals surface area contributed by atoms with Gasteiger partial charge in [-0.25, -0.2) is 4.98 Å². The molecule has 0 aromatic carbocycles. The van der Waals surface area contributed by atoms with Crippen LogP contribution in [0.4, 0.5) is 0 Å². The Bertz CT molecular complexity index is 431. The Labute approximate surface area is 96.1 Å². The quantitative estimate of drug-likeness (QED) is 0.771. The Morgan fingerprint density at radius 2 is 2.13 bits per heavy atom. The van der Waals surface area contributed by atoms with Crippen LogP contribution in [0.5, 0.6) is 0 Å². The van der Waals surface area contributed by atoms with Crippen molar-refractivity contribution in [2.24, 2.45) is 5.41 Å². The summed E-state index contributed by atoms with van der Waals surface area (Å²) in [5.41, 5.74) is 1.61. The Morgan fingerprint density at radius 3 is 2.60 bits per heavy atom. The molecule has 15 heavy (non-hydrogen) atoms. The van der Waals surface area contributed by atoms with Crippen LogP contribution < -0.4 is 0 Å². The fraction of sp³-hybridized carbons (Fsp3) is 0.667. The third-order valence-electron chi connectivity index (χ3n) is 3.25. The minimum Gasteiger partial charge on any atom is -0.347 e. The second-order valence-corrected chi connectivity index (χ2v) is 5.88. The van der Waals surface area contributed by atoms with Crippen molar-refractivity contribution in [2.75, 3.05) is 0 Å². The first-order valence-electron chi connectivity index (χ1n) is 5.51. The number of H-pyrrole nitrogens is 1. The number of hydrogen-bond donors (Lipinski definition) is 1. The lowest BCUT2D eigenvalue weighted by molar-refractivity contribution is 0.604. The molecule has 0 saturated heterocycles. The summed E-state index contributed by atoms with van der Waals surface area (Å²) < 4.78 is 0.718. The van der Waals surface area contributed by atoms with Crippen molar-refractivity contribution >= 4 is 12.2 Å². The van der Waals surface area contributed by atoms with E-state index >= 15 is 0 Å². The van der Waals surface area contributed by atoms with Crippen LogP contribution in [0.3, 0.4) is 0 Å². The molecule has 0 amide bonds. The van der Waals surface area contributed by atoms with E-state index in [2.05, 4.69) is 37.7 Å². The molecule has 3 heteroatoms. The van der Waals surface area contributed by atoms with Crippen LogP contribution in [0.15, 0.2) is 6.07 Å². The Balaban J connectivity index is 2.37. The van der Waals surface area contributed by atoms with Gasteiger partial charge in [0, 0.05) is 11.6 Å². The monoisotopic (exact) mass is 222 g/mol. The summed E-state index contributed by atoms with van der Waals surface area (Å²) in [7, 11) is 0. The van der Waals surface area contributed by atoms with Gasteiger partial charge in [-0.3, -0.25) is 0 Å². The van der Waals surface area contributed by atoms with E-state index in [0.29, 0.717) is 17.3 Å². The normalized spacial score (nSPS) is 23.1. The molecule has 1 aliphatic carbocycles. The van der Waals surface area contributed by atoms with Crippen LogP contribution in [-0.2, 0) is 0 Å². The van der Waals surface area contributed by atoms with Gasteiger partial charge >= 0.3 is 0 Å². The SMILES string of the molecule is CC(C)c1cc(=S)nc(C2CC2(C)C)[nH]1. The van der Waals surface area contributed by atoms with Crippen molar-refractivity contribution in [3.8, 4) is 0 Å². The van der Waals surface area contributed by atoms with Crippen LogP contribution >= 0.6 is 12.2 Å². The molecule has 2 rings (SSSR count). The van der Waals surface area contributed by atoms with Gasteiger partial charge in [-0.1, -0.05) is 39.9 Å². The van der Waals surface area contributed by atoms with Crippen LogP contribution in [0.2, 0.25) is 0 Å². The average molecular weight is 222 g/mol. The topological polar surface area (TPSA) is 28.7 Å². The van der Waals surface area contributed by atoms with E-state index in [1.54, 1.807) is 0 Å². The van der Waals surface area contributed by atoms with Gasteiger partial charge in [0.1, 0.15) is 10.5 Å². The summed E-state index contributed by atoms with van der Waals surface area (Å²) in [6, 6.07) is 1.97. The highest BCUT2D eigenvalue weighted by Crippen LogP contribution is 2.57. The number of nitrogens with one attached hydrogen (secondary N) is 1. The zero-order valence-electron chi connectivity index (χ0n) is 9.79. The summed E-state index contributed by atoms with van der Waals surface area (Å²) in [6.07, 6.45) is 1.22. The van der Waals surface area contributed by atoms with Gasteiger partial charge in [-0.15, -0.1) is 0 Å². The first-order chi connectivity index (χ1) is 6.90. The molecule has 1 unspecified atom stereocenters. The predicted octanol–water partition coefficient (Wildman–Crippen LogP) is 3.78. The minimum atomic E-state index is 0.404. The molecule has 1 fully saturated rings. The number of nitrogens with zero attached hydrogens (tertiary/aromatic N) is 1. The van der Waals surface area contributed by atoms with Crippen molar-refractivity contribution in [3.63, 3.8) is 0 Å². The largest absolute Gasteiger partial charge is 0.347 e. The molecule has 82 valence electrons. The maximum atomic E-state index is 5.20. The van der Waals surface area contributed by atoms with Gasteiger partial charge in [-0.05, 0) is 23.8 Å². The van der Waals surface area contributed by atoms with Gasteiger partial charge in [0.2, 0.25) is 0 Å². The minimum absolute atomic E-state index is 0.404. The molecular formula is C12H18N2S. The molecule has 1 N–H and O–H groups in total. The Morgan fingerprint density at radius 1 is 1.53 bits per heavy atom. The lowest BCUT2D eigenvalue weighted by Gasteiger charge is -2.09. The summed E-state index contributed by atoms with van der Waals surface area (Å²) in [4.78, 5) is 7.86. The van der Waals surface area contributed by atoms with Crippen molar-refractivity contribution in [1.82, 2.24) is 9.97 Å². The standard InChI is InChI=1S/C12H18N2S/c1-7(2)9-5-10(15)14-11(13-9)8-6-12(8,3)4/h5,7-8H,6H2,1-4H3,(H,13,14,15). The molecule has 0 spiro atoms. The fourth-order valence-electron chi connectivity index (χ4n) is 1.91. The third kappa shape index (κ3) is 2.12. The van der Waals surface area contributed by atoms with E-state index < -0.39 is 0 Å². The lowest BCUT2D eigenvalue weighted by atomic mass is 10.1. The van der Waals surface area contributed by atoms with Gasteiger partial charge < -0.3 is 4.98 Å². The van der Waals surface area contributed by atoms with Gasteiger partial charge in [0.25, 0.3) is 0 Å². The van der Waals surface area contributed by atoms with E-state index in [1.807, 2.05) is 6.07 Å². The van der Waals surface area contributed by atoms with E-state index in [9.17, 15) is 0 Å². The molecule has 0 radical (unpaired) electrons. The Kier molecular flexibility index (Phi) is 2.45. The highest BCUT2D eigenvalue weighted by Gasteiger charge is 2.48. The second kappa shape index (κ2) is 3.41. The molecule has 0 bridgehead atoms.